The molecule has 0 aliphatic carbocycles. The first-order chi connectivity index (χ1) is 9.15. The minimum atomic E-state index is -0.949. The molecule has 0 fully saturated rings. The van der Waals surface area contributed by atoms with Gasteiger partial charge in [0.25, 0.3) is 0 Å². The lowest BCUT2D eigenvalue weighted by molar-refractivity contribution is 0.0695. The standard InChI is InChI=1S/C12H13N5O2/c1-8-9(12(18)19)2-3-10(14-8)16-4-5-17-7-13-15-11(17)6-16/h2-3,7H,4-6H2,1H3,(H,18,19). The first-order valence-corrected chi connectivity index (χ1v) is 5.98. The summed E-state index contributed by atoms with van der Waals surface area (Å²) < 4.78 is 2.01. The average molecular weight is 259 g/mol. The fourth-order valence-electron chi connectivity index (χ4n) is 2.21. The molecule has 2 aromatic rings. The van der Waals surface area contributed by atoms with Crippen molar-refractivity contribution in [2.75, 3.05) is 11.4 Å². The van der Waals surface area contributed by atoms with E-state index in [1.807, 2.05) is 4.57 Å². The molecule has 0 aromatic carbocycles. The summed E-state index contributed by atoms with van der Waals surface area (Å²) in [5.74, 6) is 0.722. The highest BCUT2D eigenvalue weighted by Crippen LogP contribution is 2.19. The molecule has 0 saturated heterocycles. The van der Waals surface area contributed by atoms with Crippen molar-refractivity contribution in [2.45, 2.75) is 20.0 Å². The Morgan fingerprint density at radius 2 is 2.21 bits per heavy atom. The number of hydrogen-bond acceptors (Lipinski definition) is 5. The van der Waals surface area contributed by atoms with Crippen molar-refractivity contribution in [3.63, 3.8) is 0 Å². The Balaban J connectivity index is 1.88. The molecule has 0 unspecified atom stereocenters. The Hall–Kier alpha value is -2.44. The van der Waals surface area contributed by atoms with Crippen LogP contribution in [0.2, 0.25) is 0 Å². The van der Waals surface area contributed by atoms with Gasteiger partial charge in [0.15, 0.2) is 5.82 Å². The second-order valence-electron chi connectivity index (χ2n) is 4.47. The molecule has 0 radical (unpaired) electrons. The van der Waals surface area contributed by atoms with E-state index >= 15 is 0 Å². The van der Waals surface area contributed by atoms with Crippen molar-refractivity contribution >= 4 is 11.8 Å². The molecule has 0 bridgehead atoms. The van der Waals surface area contributed by atoms with Crippen molar-refractivity contribution in [1.29, 1.82) is 0 Å². The van der Waals surface area contributed by atoms with Gasteiger partial charge in [0.2, 0.25) is 0 Å². The Morgan fingerprint density at radius 1 is 1.37 bits per heavy atom. The third-order valence-electron chi connectivity index (χ3n) is 3.26. The minimum Gasteiger partial charge on any atom is -0.478 e. The molecule has 19 heavy (non-hydrogen) atoms. The fraction of sp³-hybridized carbons (Fsp3) is 0.333. The van der Waals surface area contributed by atoms with Crippen LogP contribution in [0, 0.1) is 6.92 Å². The van der Waals surface area contributed by atoms with E-state index in [4.69, 9.17) is 5.11 Å². The van der Waals surface area contributed by atoms with Crippen LogP contribution in [-0.2, 0) is 13.1 Å². The monoisotopic (exact) mass is 259 g/mol. The number of aryl methyl sites for hydroxylation is 1. The zero-order valence-corrected chi connectivity index (χ0v) is 10.4. The van der Waals surface area contributed by atoms with Crippen LogP contribution in [0.1, 0.15) is 21.9 Å². The largest absolute Gasteiger partial charge is 0.478 e. The summed E-state index contributed by atoms with van der Waals surface area (Å²) >= 11 is 0. The van der Waals surface area contributed by atoms with Crippen LogP contribution in [0.5, 0.6) is 0 Å². The number of rotatable bonds is 2. The molecular formula is C12H13N5O2. The van der Waals surface area contributed by atoms with E-state index in [0.29, 0.717) is 12.2 Å². The van der Waals surface area contributed by atoms with Crippen molar-refractivity contribution in [3.8, 4) is 0 Å². The van der Waals surface area contributed by atoms with Gasteiger partial charge in [-0.3, -0.25) is 0 Å². The number of fused-ring (bicyclic) bond motifs is 1. The van der Waals surface area contributed by atoms with E-state index < -0.39 is 5.97 Å². The summed E-state index contributed by atoms with van der Waals surface area (Å²) in [4.78, 5) is 17.4. The molecule has 7 heteroatoms. The predicted molar refractivity (Wildman–Crippen MR) is 67.0 cm³/mol. The normalized spacial score (nSPS) is 14.3. The van der Waals surface area contributed by atoms with Gasteiger partial charge < -0.3 is 14.6 Å². The lowest BCUT2D eigenvalue weighted by Gasteiger charge is -2.28. The summed E-state index contributed by atoms with van der Waals surface area (Å²) in [5.41, 5.74) is 0.765. The number of hydrogen-bond donors (Lipinski definition) is 1. The van der Waals surface area contributed by atoms with Crippen molar-refractivity contribution in [2.24, 2.45) is 0 Å². The van der Waals surface area contributed by atoms with Crippen LogP contribution in [-0.4, -0.2) is 37.4 Å². The van der Waals surface area contributed by atoms with E-state index in [9.17, 15) is 4.79 Å². The summed E-state index contributed by atoms with van der Waals surface area (Å²) in [6.45, 7) is 3.96. The molecule has 1 aliphatic heterocycles. The highest BCUT2D eigenvalue weighted by molar-refractivity contribution is 5.89. The smallest absolute Gasteiger partial charge is 0.337 e. The fourth-order valence-corrected chi connectivity index (χ4v) is 2.21. The van der Waals surface area contributed by atoms with Crippen LogP contribution >= 0.6 is 0 Å². The molecule has 1 aliphatic rings. The molecular weight excluding hydrogens is 246 g/mol. The van der Waals surface area contributed by atoms with Gasteiger partial charge in [-0.05, 0) is 19.1 Å². The van der Waals surface area contributed by atoms with Crippen LogP contribution in [0.3, 0.4) is 0 Å². The summed E-state index contributed by atoms with van der Waals surface area (Å²) in [7, 11) is 0. The second kappa shape index (κ2) is 4.34. The highest BCUT2D eigenvalue weighted by Gasteiger charge is 2.19. The SMILES string of the molecule is Cc1nc(N2CCn3cnnc3C2)ccc1C(=O)O. The molecule has 1 N–H and O–H groups in total. The lowest BCUT2D eigenvalue weighted by atomic mass is 10.2. The van der Waals surface area contributed by atoms with E-state index in [-0.39, 0.29) is 5.56 Å². The molecule has 2 aromatic heterocycles. The zero-order valence-electron chi connectivity index (χ0n) is 10.4. The van der Waals surface area contributed by atoms with E-state index in [2.05, 4.69) is 20.1 Å². The molecule has 3 rings (SSSR count). The van der Waals surface area contributed by atoms with Gasteiger partial charge in [-0.25, -0.2) is 9.78 Å². The van der Waals surface area contributed by atoms with Crippen LogP contribution in [0.15, 0.2) is 18.5 Å². The number of carbonyl (C=O) groups is 1. The number of pyridine rings is 1. The first-order valence-electron chi connectivity index (χ1n) is 5.98. The van der Waals surface area contributed by atoms with E-state index in [1.54, 1.807) is 25.4 Å². The van der Waals surface area contributed by atoms with Gasteiger partial charge in [-0.15, -0.1) is 10.2 Å². The maximum Gasteiger partial charge on any atom is 0.337 e. The van der Waals surface area contributed by atoms with Gasteiger partial charge in [0.05, 0.1) is 17.8 Å². The van der Waals surface area contributed by atoms with Crippen molar-refractivity contribution in [3.05, 3.63) is 35.5 Å². The number of aromatic nitrogens is 4. The molecule has 98 valence electrons. The second-order valence-corrected chi connectivity index (χ2v) is 4.47. The molecule has 0 spiro atoms. The quantitative estimate of drug-likeness (QED) is 0.854. The highest BCUT2D eigenvalue weighted by atomic mass is 16.4. The van der Waals surface area contributed by atoms with Crippen molar-refractivity contribution in [1.82, 2.24) is 19.7 Å². The lowest BCUT2D eigenvalue weighted by Crippen LogP contribution is -2.34. The van der Waals surface area contributed by atoms with Gasteiger partial charge >= 0.3 is 5.97 Å². The van der Waals surface area contributed by atoms with Crippen LogP contribution < -0.4 is 4.90 Å². The van der Waals surface area contributed by atoms with Crippen molar-refractivity contribution < 1.29 is 9.90 Å². The Labute approximate surface area is 109 Å². The topological polar surface area (TPSA) is 84.1 Å². The maximum atomic E-state index is 11.0. The third kappa shape index (κ3) is 2.03. The van der Waals surface area contributed by atoms with Gasteiger partial charge in [-0.1, -0.05) is 0 Å². The van der Waals surface area contributed by atoms with Crippen LogP contribution in [0.4, 0.5) is 5.82 Å². The Morgan fingerprint density at radius 3 is 2.95 bits per heavy atom. The van der Waals surface area contributed by atoms with Gasteiger partial charge in [-0.2, -0.15) is 0 Å². The zero-order chi connectivity index (χ0) is 13.4. The molecule has 0 amide bonds. The van der Waals surface area contributed by atoms with E-state index in [0.717, 1.165) is 24.7 Å². The Kier molecular flexibility index (Phi) is 2.66. The summed E-state index contributed by atoms with van der Waals surface area (Å²) in [5, 5.41) is 16.9. The molecule has 3 heterocycles. The number of carboxylic acid groups (broad SMARTS) is 1. The van der Waals surface area contributed by atoms with Gasteiger partial charge in [0.1, 0.15) is 12.1 Å². The average Bonchev–Trinajstić information content (AvgIpc) is 2.85. The third-order valence-corrected chi connectivity index (χ3v) is 3.26. The number of nitrogens with zero attached hydrogens (tertiary/aromatic N) is 5. The first kappa shape index (κ1) is 11.6. The van der Waals surface area contributed by atoms with E-state index in [1.165, 1.54) is 0 Å². The maximum absolute atomic E-state index is 11.0. The predicted octanol–water partition coefficient (Wildman–Crippen LogP) is 0.700. The number of anilines is 1. The Bertz CT molecular complexity index is 637. The molecule has 0 atom stereocenters. The van der Waals surface area contributed by atoms with Crippen LogP contribution in [0.25, 0.3) is 0 Å². The minimum absolute atomic E-state index is 0.240. The molecule has 7 nitrogen and oxygen atoms in total. The van der Waals surface area contributed by atoms with Gasteiger partial charge in [0, 0.05) is 13.1 Å². The summed E-state index contributed by atoms with van der Waals surface area (Å²) in [6, 6.07) is 3.34. The molecule has 0 saturated carbocycles. The summed E-state index contributed by atoms with van der Waals surface area (Å²) in [6.07, 6.45) is 1.72. The number of aromatic carboxylic acids is 1. The number of carboxylic acids is 1.